The fraction of sp³-hybridized carbons (Fsp3) is 0.562. The summed E-state index contributed by atoms with van der Waals surface area (Å²) >= 11 is 0. The van der Waals surface area contributed by atoms with E-state index in [1.807, 2.05) is 0 Å². The first-order chi connectivity index (χ1) is 19.9. The van der Waals surface area contributed by atoms with Crippen LogP contribution in [0.4, 0.5) is 8.78 Å². The maximum absolute atomic E-state index is 15.6. The number of carbonyl (C=O) groups is 2. The maximum Gasteiger partial charge on any atom is 0.338 e. The normalized spacial score (nSPS) is 12.7. The third kappa shape index (κ3) is 13.2. The molecular weight excluding hydrogens is 528 g/mol. The number of hydrogen-bond donors (Lipinski definition) is 0. The smallest absolute Gasteiger partial charge is 0.338 e. The molecule has 0 bridgehead atoms. The summed E-state index contributed by atoms with van der Waals surface area (Å²) in [5, 5.41) is 3.46. The molecule has 0 fully saturated rings. The van der Waals surface area contributed by atoms with Crippen LogP contribution in [0.25, 0.3) is 10.4 Å². The topological polar surface area (TPSA) is 101 Å². The Morgan fingerprint density at radius 2 is 1.24 bits per heavy atom. The lowest BCUT2D eigenvalue weighted by molar-refractivity contribution is -0.133. The second-order valence-electron chi connectivity index (χ2n) is 10.3. The molecule has 0 aliphatic carbocycles. The number of rotatable bonds is 21. The molecule has 224 valence electrons. The number of halogens is 2. The van der Waals surface area contributed by atoms with Gasteiger partial charge >= 0.3 is 11.9 Å². The second kappa shape index (κ2) is 19.6. The Morgan fingerprint density at radius 1 is 0.780 bits per heavy atom. The van der Waals surface area contributed by atoms with Crippen molar-refractivity contribution in [3.8, 4) is 0 Å². The van der Waals surface area contributed by atoms with Gasteiger partial charge in [0.05, 0.1) is 11.1 Å². The Balaban J connectivity index is 1.96. The zero-order valence-electron chi connectivity index (χ0n) is 24.1. The van der Waals surface area contributed by atoms with Crippen LogP contribution in [0.1, 0.15) is 111 Å². The van der Waals surface area contributed by atoms with Crippen LogP contribution in [0.15, 0.2) is 65.8 Å². The van der Waals surface area contributed by atoms with Crippen molar-refractivity contribution in [1.82, 2.24) is 0 Å². The first kappa shape index (κ1) is 33.8. The summed E-state index contributed by atoms with van der Waals surface area (Å²) in [4.78, 5) is 27.8. The molecule has 0 aromatic heterocycles. The van der Waals surface area contributed by atoms with E-state index in [1.54, 1.807) is 36.4 Å². The zero-order chi connectivity index (χ0) is 29.8. The molecular formula is C32H43F2N3O4. The molecule has 9 heteroatoms. The number of hydrogen-bond acceptors (Lipinski definition) is 5. The summed E-state index contributed by atoms with van der Waals surface area (Å²) in [5.74, 6) is -5.25. The highest BCUT2D eigenvalue weighted by atomic mass is 19.3. The van der Waals surface area contributed by atoms with E-state index in [-0.39, 0.29) is 17.5 Å². The first-order valence-corrected chi connectivity index (χ1v) is 14.8. The molecule has 0 heterocycles. The minimum Gasteiger partial charge on any atom is -0.462 e. The van der Waals surface area contributed by atoms with Gasteiger partial charge in [-0.05, 0) is 36.2 Å². The van der Waals surface area contributed by atoms with E-state index in [2.05, 4.69) is 16.9 Å². The summed E-state index contributed by atoms with van der Waals surface area (Å²) in [5.41, 5.74) is 9.40. The largest absolute Gasteiger partial charge is 0.462 e. The van der Waals surface area contributed by atoms with Gasteiger partial charge in [-0.3, -0.25) is 0 Å². The monoisotopic (exact) mass is 571 g/mol. The number of carbonyl (C=O) groups excluding carboxylic acids is 2. The quantitative estimate of drug-likeness (QED) is 0.0489. The molecule has 0 N–H and O–H groups in total. The Labute approximate surface area is 242 Å². The van der Waals surface area contributed by atoms with Gasteiger partial charge in [-0.25, -0.2) is 18.4 Å². The number of azide groups is 1. The summed E-state index contributed by atoms with van der Waals surface area (Å²) in [7, 11) is 0. The molecule has 0 saturated carbocycles. The predicted molar refractivity (Wildman–Crippen MR) is 156 cm³/mol. The van der Waals surface area contributed by atoms with E-state index in [1.165, 1.54) is 62.8 Å². The summed E-state index contributed by atoms with van der Waals surface area (Å²) < 4.78 is 41.6. The van der Waals surface area contributed by atoms with Crippen molar-refractivity contribution in [3.63, 3.8) is 0 Å². The molecule has 41 heavy (non-hydrogen) atoms. The van der Waals surface area contributed by atoms with Crippen LogP contribution in [-0.2, 0) is 9.47 Å². The van der Waals surface area contributed by atoms with Gasteiger partial charge in [0.1, 0.15) is 12.6 Å². The summed E-state index contributed by atoms with van der Waals surface area (Å²) in [6, 6.07) is 14.1. The number of esters is 2. The molecule has 2 atom stereocenters. The van der Waals surface area contributed by atoms with Gasteiger partial charge in [-0.1, -0.05) is 119 Å². The Morgan fingerprint density at radius 3 is 1.73 bits per heavy atom. The molecule has 2 aromatic carbocycles. The molecule has 2 aromatic rings. The van der Waals surface area contributed by atoms with Crippen molar-refractivity contribution in [3.05, 3.63) is 82.2 Å². The highest BCUT2D eigenvalue weighted by molar-refractivity contribution is 5.90. The van der Waals surface area contributed by atoms with Crippen LogP contribution < -0.4 is 0 Å². The van der Waals surface area contributed by atoms with Crippen LogP contribution in [-0.4, -0.2) is 36.6 Å². The molecule has 0 aliphatic rings. The van der Waals surface area contributed by atoms with Gasteiger partial charge in [-0.2, -0.15) is 0 Å². The first-order valence-electron chi connectivity index (χ1n) is 14.8. The standard InChI is InChI=1S/C32H43F2N3O4/c1-2-3-4-5-6-7-8-9-10-11-12-19-24-32(33,34)29(41-31(39)27-22-17-14-18-23-27)28(36-37-35)25-40-30(38)26-20-15-13-16-21-26/h13-18,20-23,28-29H,2-12,19,24-25H2,1H3/t28-,29-/m0/s1. The van der Waals surface area contributed by atoms with Crippen molar-refractivity contribution in [1.29, 1.82) is 0 Å². The molecule has 0 radical (unpaired) electrons. The van der Waals surface area contributed by atoms with Crippen molar-refractivity contribution in [2.45, 2.75) is 108 Å². The molecule has 2 rings (SSSR count). The van der Waals surface area contributed by atoms with Crippen molar-refractivity contribution < 1.29 is 27.8 Å². The van der Waals surface area contributed by atoms with Gasteiger partial charge in [-0.15, -0.1) is 0 Å². The zero-order valence-corrected chi connectivity index (χ0v) is 24.1. The minimum absolute atomic E-state index is 0.0830. The third-order valence-electron chi connectivity index (χ3n) is 6.97. The number of alkyl halides is 2. The number of unbranched alkanes of at least 4 members (excludes halogenated alkanes) is 11. The Hall–Kier alpha value is -3.45. The average Bonchev–Trinajstić information content (AvgIpc) is 2.99. The predicted octanol–water partition coefficient (Wildman–Crippen LogP) is 9.47. The van der Waals surface area contributed by atoms with E-state index in [0.29, 0.717) is 6.42 Å². The molecule has 0 saturated heterocycles. The van der Waals surface area contributed by atoms with E-state index in [4.69, 9.17) is 15.0 Å². The Kier molecular flexibility index (Phi) is 16.1. The lowest BCUT2D eigenvalue weighted by Gasteiger charge is -2.30. The average molecular weight is 572 g/mol. The van der Waals surface area contributed by atoms with Crippen LogP contribution in [0.2, 0.25) is 0 Å². The lowest BCUT2D eigenvalue weighted by Crippen LogP contribution is -2.47. The van der Waals surface area contributed by atoms with Gasteiger partial charge in [0.15, 0.2) is 6.10 Å². The molecule has 7 nitrogen and oxygen atoms in total. The fourth-order valence-electron chi connectivity index (χ4n) is 4.61. The number of nitrogens with zero attached hydrogens (tertiary/aromatic N) is 3. The lowest BCUT2D eigenvalue weighted by atomic mass is 9.98. The molecule has 0 amide bonds. The van der Waals surface area contributed by atoms with Gasteiger partial charge in [0, 0.05) is 11.3 Å². The van der Waals surface area contributed by atoms with Gasteiger partial charge in [0.2, 0.25) is 0 Å². The molecule has 0 unspecified atom stereocenters. The van der Waals surface area contributed by atoms with E-state index in [9.17, 15) is 9.59 Å². The highest BCUT2D eigenvalue weighted by Gasteiger charge is 2.47. The van der Waals surface area contributed by atoms with E-state index < -0.39 is 43.0 Å². The third-order valence-corrected chi connectivity index (χ3v) is 6.97. The summed E-state index contributed by atoms with van der Waals surface area (Å²) in [6.45, 7) is 1.54. The summed E-state index contributed by atoms with van der Waals surface area (Å²) in [6.07, 6.45) is 9.82. The van der Waals surface area contributed by atoms with Crippen molar-refractivity contribution in [2.75, 3.05) is 6.61 Å². The van der Waals surface area contributed by atoms with Crippen LogP contribution >= 0.6 is 0 Å². The second-order valence-corrected chi connectivity index (χ2v) is 10.3. The van der Waals surface area contributed by atoms with E-state index >= 15 is 8.78 Å². The van der Waals surface area contributed by atoms with Crippen LogP contribution in [0, 0.1) is 0 Å². The number of ether oxygens (including phenoxy) is 2. The fourth-order valence-corrected chi connectivity index (χ4v) is 4.61. The molecule has 0 spiro atoms. The highest BCUT2D eigenvalue weighted by Crippen LogP contribution is 2.32. The molecule has 0 aliphatic heterocycles. The SMILES string of the molecule is CCCCCCCCCCCCCCC(F)(F)[C@@H](OC(=O)c1ccccc1)[C@H](COC(=O)c1ccccc1)N=[N+]=[N-]. The van der Waals surface area contributed by atoms with Crippen molar-refractivity contribution >= 4 is 11.9 Å². The minimum atomic E-state index is -3.51. The maximum atomic E-state index is 15.6. The van der Waals surface area contributed by atoms with E-state index in [0.717, 1.165) is 25.7 Å². The van der Waals surface area contributed by atoms with Crippen LogP contribution in [0.3, 0.4) is 0 Å². The van der Waals surface area contributed by atoms with Gasteiger partial charge in [0.25, 0.3) is 5.92 Å². The van der Waals surface area contributed by atoms with Crippen molar-refractivity contribution in [2.24, 2.45) is 5.11 Å². The Bertz CT molecular complexity index is 1060. The van der Waals surface area contributed by atoms with Crippen LogP contribution in [0.5, 0.6) is 0 Å². The number of benzene rings is 2. The van der Waals surface area contributed by atoms with Gasteiger partial charge < -0.3 is 9.47 Å².